The van der Waals surface area contributed by atoms with Gasteiger partial charge < -0.3 is 4.74 Å². The molecule has 2 aromatic heterocycles. The number of benzene rings is 2. The lowest BCUT2D eigenvalue weighted by Gasteiger charge is -2.07. The van der Waals surface area contributed by atoms with Gasteiger partial charge in [-0.05, 0) is 42.8 Å². The highest BCUT2D eigenvalue weighted by atomic mass is 35.5. The zero-order chi connectivity index (χ0) is 21.8. The molecular formula is C21H18ClFN6O2. The van der Waals surface area contributed by atoms with Gasteiger partial charge in [-0.15, -0.1) is 5.10 Å². The van der Waals surface area contributed by atoms with E-state index in [9.17, 15) is 9.18 Å². The SMILES string of the molecule is Cc1cc(OCn2ccc(C(=O)Nc3ncn(Cc4ccccc4F)n3)n2)ccc1Cl. The summed E-state index contributed by atoms with van der Waals surface area (Å²) < 4.78 is 22.4. The van der Waals surface area contributed by atoms with Crippen LogP contribution in [0.3, 0.4) is 0 Å². The summed E-state index contributed by atoms with van der Waals surface area (Å²) in [5, 5.41) is 11.6. The number of hydrogen-bond acceptors (Lipinski definition) is 5. The number of nitrogens with one attached hydrogen (secondary N) is 1. The van der Waals surface area contributed by atoms with Gasteiger partial charge in [-0.3, -0.25) is 10.1 Å². The van der Waals surface area contributed by atoms with E-state index in [0.717, 1.165) is 5.56 Å². The smallest absolute Gasteiger partial charge is 0.278 e. The van der Waals surface area contributed by atoms with Crippen molar-refractivity contribution in [2.45, 2.75) is 20.2 Å². The molecule has 158 valence electrons. The number of nitrogens with zero attached hydrogens (tertiary/aromatic N) is 5. The Hall–Kier alpha value is -3.72. The quantitative estimate of drug-likeness (QED) is 0.470. The number of carbonyl (C=O) groups excluding carboxylic acids is 1. The maximum absolute atomic E-state index is 13.8. The monoisotopic (exact) mass is 440 g/mol. The highest BCUT2D eigenvalue weighted by molar-refractivity contribution is 6.31. The summed E-state index contributed by atoms with van der Waals surface area (Å²) in [6.07, 6.45) is 3.05. The van der Waals surface area contributed by atoms with E-state index in [0.29, 0.717) is 16.3 Å². The Morgan fingerprint density at radius 2 is 2.00 bits per heavy atom. The largest absolute Gasteiger partial charge is 0.471 e. The zero-order valence-electron chi connectivity index (χ0n) is 16.5. The summed E-state index contributed by atoms with van der Waals surface area (Å²) in [6.45, 7) is 2.22. The van der Waals surface area contributed by atoms with E-state index in [1.54, 1.807) is 42.6 Å². The molecule has 2 aromatic carbocycles. The van der Waals surface area contributed by atoms with E-state index in [1.165, 1.54) is 21.8 Å². The van der Waals surface area contributed by atoms with Gasteiger partial charge in [-0.1, -0.05) is 29.8 Å². The van der Waals surface area contributed by atoms with E-state index in [1.807, 2.05) is 13.0 Å². The summed E-state index contributed by atoms with van der Waals surface area (Å²) in [7, 11) is 0. The lowest BCUT2D eigenvalue weighted by molar-refractivity contribution is 0.101. The van der Waals surface area contributed by atoms with Gasteiger partial charge in [-0.2, -0.15) is 5.10 Å². The summed E-state index contributed by atoms with van der Waals surface area (Å²) in [4.78, 5) is 16.4. The van der Waals surface area contributed by atoms with Crippen molar-refractivity contribution in [2.75, 3.05) is 5.32 Å². The third kappa shape index (κ3) is 5.07. The minimum absolute atomic E-state index is 0.101. The maximum Gasteiger partial charge on any atom is 0.278 e. The standard InChI is InChI=1S/C21H18ClFN6O2/c1-14-10-16(6-7-17(14)22)31-13-28-9-8-19(26-28)20(30)25-21-24-12-29(27-21)11-15-4-2-3-5-18(15)23/h2-10,12H,11,13H2,1H3,(H,25,27,30). The molecule has 0 aliphatic rings. The molecule has 0 unspecified atom stereocenters. The topological polar surface area (TPSA) is 86.9 Å². The van der Waals surface area contributed by atoms with Crippen LogP contribution in [0.25, 0.3) is 0 Å². The van der Waals surface area contributed by atoms with Crippen LogP contribution in [0, 0.1) is 12.7 Å². The molecule has 0 atom stereocenters. The molecule has 2 heterocycles. The van der Waals surface area contributed by atoms with E-state index < -0.39 is 5.91 Å². The minimum Gasteiger partial charge on any atom is -0.471 e. The Balaban J connectivity index is 1.34. The van der Waals surface area contributed by atoms with Crippen molar-refractivity contribution in [3.05, 3.63) is 88.7 Å². The van der Waals surface area contributed by atoms with Crippen LogP contribution in [0.1, 0.15) is 21.6 Å². The summed E-state index contributed by atoms with van der Waals surface area (Å²) in [6, 6.07) is 13.3. The van der Waals surface area contributed by atoms with Crippen LogP contribution in [0.4, 0.5) is 10.3 Å². The van der Waals surface area contributed by atoms with Gasteiger partial charge in [0.05, 0.1) is 6.54 Å². The van der Waals surface area contributed by atoms with E-state index >= 15 is 0 Å². The molecule has 1 N–H and O–H groups in total. The Labute approximate surface area is 182 Å². The Morgan fingerprint density at radius 1 is 1.16 bits per heavy atom. The number of anilines is 1. The fourth-order valence-corrected chi connectivity index (χ4v) is 2.91. The molecular weight excluding hydrogens is 423 g/mol. The molecule has 0 saturated carbocycles. The highest BCUT2D eigenvalue weighted by Crippen LogP contribution is 2.21. The molecule has 1 amide bonds. The second-order valence-electron chi connectivity index (χ2n) is 6.74. The van der Waals surface area contributed by atoms with Crippen molar-refractivity contribution in [1.29, 1.82) is 0 Å². The average Bonchev–Trinajstić information content (AvgIpc) is 3.40. The molecule has 0 spiro atoms. The van der Waals surface area contributed by atoms with E-state index in [4.69, 9.17) is 16.3 Å². The van der Waals surface area contributed by atoms with E-state index in [-0.39, 0.29) is 30.7 Å². The van der Waals surface area contributed by atoms with E-state index in [2.05, 4.69) is 20.5 Å². The second-order valence-corrected chi connectivity index (χ2v) is 7.14. The number of aromatic nitrogens is 5. The van der Waals surface area contributed by atoms with Crippen LogP contribution < -0.4 is 10.1 Å². The minimum atomic E-state index is -0.468. The number of rotatable bonds is 7. The van der Waals surface area contributed by atoms with Crippen LogP contribution in [0.5, 0.6) is 5.75 Å². The number of carbonyl (C=O) groups is 1. The van der Waals surface area contributed by atoms with Crippen molar-refractivity contribution in [3.8, 4) is 5.75 Å². The number of amides is 1. The van der Waals surface area contributed by atoms with Crippen LogP contribution in [0.2, 0.25) is 5.02 Å². The fourth-order valence-electron chi connectivity index (χ4n) is 2.80. The van der Waals surface area contributed by atoms with Gasteiger partial charge in [0.2, 0.25) is 5.95 Å². The van der Waals surface area contributed by atoms with Crippen molar-refractivity contribution in [3.63, 3.8) is 0 Å². The molecule has 0 bridgehead atoms. The molecule has 4 rings (SSSR count). The van der Waals surface area contributed by atoms with Gasteiger partial charge in [0, 0.05) is 16.8 Å². The number of halogens is 2. The van der Waals surface area contributed by atoms with Gasteiger partial charge in [0.25, 0.3) is 5.91 Å². The molecule has 31 heavy (non-hydrogen) atoms. The molecule has 0 aliphatic carbocycles. The van der Waals surface area contributed by atoms with Crippen LogP contribution in [-0.4, -0.2) is 30.5 Å². The van der Waals surface area contributed by atoms with Crippen LogP contribution in [-0.2, 0) is 13.3 Å². The number of ether oxygens (including phenoxy) is 1. The summed E-state index contributed by atoms with van der Waals surface area (Å²) in [5.74, 6) is -0.0494. The van der Waals surface area contributed by atoms with Crippen LogP contribution in [0.15, 0.2) is 61.1 Å². The molecule has 0 radical (unpaired) electrons. The first-order valence-electron chi connectivity index (χ1n) is 9.34. The fraction of sp³-hybridized carbons (Fsp3) is 0.143. The van der Waals surface area contributed by atoms with Crippen molar-refractivity contribution in [1.82, 2.24) is 24.5 Å². The Kier molecular flexibility index (Phi) is 5.94. The lowest BCUT2D eigenvalue weighted by Crippen LogP contribution is -2.15. The van der Waals surface area contributed by atoms with Crippen molar-refractivity contribution in [2.24, 2.45) is 0 Å². The summed E-state index contributed by atoms with van der Waals surface area (Å²) >= 11 is 6.01. The average molecular weight is 441 g/mol. The zero-order valence-corrected chi connectivity index (χ0v) is 17.3. The third-order valence-corrected chi connectivity index (χ3v) is 4.84. The first kappa shape index (κ1) is 20.5. The Bertz CT molecular complexity index is 1220. The molecule has 0 saturated heterocycles. The molecule has 0 aliphatic heterocycles. The predicted molar refractivity (Wildman–Crippen MR) is 113 cm³/mol. The van der Waals surface area contributed by atoms with Gasteiger partial charge in [0.1, 0.15) is 17.9 Å². The molecule has 0 fully saturated rings. The Morgan fingerprint density at radius 3 is 2.81 bits per heavy atom. The number of aryl methyl sites for hydroxylation is 1. The van der Waals surface area contributed by atoms with Gasteiger partial charge >= 0.3 is 0 Å². The van der Waals surface area contributed by atoms with Gasteiger partial charge in [0.15, 0.2) is 12.4 Å². The highest BCUT2D eigenvalue weighted by Gasteiger charge is 2.13. The molecule has 4 aromatic rings. The predicted octanol–water partition coefficient (Wildman–Crippen LogP) is 3.91. The van der Waals surface area contributed by atoms with Crippen molar-refractivity contribution < 1.29 is 13.9 Å². The molecule has 8 nitrogen and oxygen atoms in total. The van der Waals surface area contributed by atoms with Crippen LogP contribution >= 0.6 is 11.6 Å². The first-order chi connectivity index (χ1) is 15.0. The maximum atomic E-state index is 13.8. The van der Waals surface area contributed by atoms with Crippen molar-refractivity contribution >= 4 is 23.5 Å². The third-order valence-electron chi connectivity index (χ3n) is 4.42. The normalized spacial score (nSPS) is 10.8. The summed E-state index contributed by atoms with van der Waals surface area (Å²) in [5.41, 5.74) is 1.56. The van der Waals surface area contributed by atoms with Gasteiger partial charge in [-0.25, -0.2) is 18.7 Å². The lowest BCUT2D eigenvalue weighted by atomic mass is 10.2. The first-order valence-corrected chi connectivity index (χ1v) is 9.72. The number of hydrogen-bond donors (Lipinski definition) is 1. The molecule has 10 heteroatoms. The second kappa shape index (κ2) is 8.97.